The number of aromatic nitrogens is 2. The zero-order valence-corrected chi connectivity index (χ0v) is 11.0. The molecule has 2 atom stereocenters. The number of hydrogen-bond donors (Lipinski definition) is 1. The maximum Gasteiger partial charge on any atom is 0.133 e. The van der Waals surface area contributed by atoms with Crippen molar-refractivity contribution in [2.24, 2.45) is 0 Å². The molecule has 4 nitrogen and oxygen atoms in total. The van der Waals surface area contributed by atoms with Gasteiger partial charge in [-0.1, -0.05) is 0 Å². The normalized spacial score (nSPS) is 27.8. The zero-order valence-electron chi connectivity index (χ0n) is 11.0. The first-order valence-electron chi connectivity index (χ1n) is 6.99. The number of fused-ring (bicyclic) bond motifs is 1. The lowest BCUT2D eigenvalue weighted by molar-refractivity contribution is 0.0779. The first kappa shape index (κ1) is 12.1. The highest BCUT2D eigenvalue weighted by Crippen LogP contribution is 2.30. The van der Waals surface area contributed by atoms with Crippen molar-refractivity contribution in [2.45, 2.75) is 44.1 Å². The third-order valence-corrected chi connectivity index (χ3v) is 4.07. The molecule has 98 valence electrons. The first-order chi connectivity index (χ1) is 8.88. The van der Waals surface area contributed by atoms with E-state index in [1.54, 1.807) is 0 Å². The van der Waals surface area contributed by atoms with Gasteiger partial charge >= 0.3 is 0 Å². The Morgan fingerprint density at radius 2 is 2.28 bits per heavy atom. The summed E-state index contributed by atoms with van der Waals surface area (Å²) >= 11 is 0. The maximum absolute atomic E-state index is 5.53. The second-order valence-corrected chi connectivity index (χ2v) is 5.28. The molecule has 0 radical (unpaired) electrons. The Balaban J connectivity index is 1.85. The molecule has 2 unspecified atom stereocenters. The molecule has 0 amide bonds. The average molecular weight is 247 g/mol. The fourth-order valence-corrected chi connectivity index (χ4v) is 3.00. The van der Waals surface area contributed by atoms with Crippen LogP contribution in [0, 0.1) is 0 Å². The van der Waals surface area contributed by atoms with E-state index >= 15 is 0 Å². The molecule has 1 aromatic heterocycles. The van der Waals surface area contributed by atoms with E-state index < -0.39 is 0 Å². The largest absolute Gasteiger partial charge is 0.381 e. The van der Waals surface area contributed by atoms with Crippen LogP contribution in [0.4, 0.5) is 0 Å². The number of ether oxygens (including phenoxy) is 1. The van der Waals surface area contributed by atoms with Crippen LogP contribution in [0.25, 0.3) is 0 Å². The molecule has 18 heavy (non-hydrogen) atoms. The molecule has 3 rings (SSSR count). The maximum atomic E-state index is 5.53. The van der Waals surface area contributed by atoms with Crippen molar-refractivity contribution in [1.82, 2.24) is 15.3 Å². The standard InChI is InChI=1S/C14H21N3O/c1-15-12-5-2-6-13-11(12)8-16-14(17-13)10-4-3-7-18-9-10/h8,10,12,15H,2-7,9H2,1H3. The fourth-order valence-electron chi connectivity index (χ4n) is 3.00. The van der Waals surface area contributed by atoms with E-state index in [0.717, 1.165) is 38.3 Å². The van der Waals surface area contributed by atoms with Crippen molar-refractivity contribution in [2.75, 3.05) is 20.3 Å². The average Bonchev–Trinajstić information content (AvgIpc) is 2.47. The van der Waals surface area contributed by atoms with E-state index in [-0.39, 0.29) is 0 Å². The number of nitrogens with one attached hydrogen (secondary N) is 1. The van der Waals surface area contributed by atoms with Gasteiger partial charge in [0.2, 0.25) is 0 Å². The van der Waals surface area contributed by atoms with Gasteiger partial charge in [0.05, 0.1) is 6.61 Å². The number of nitrogens with zero attached hydrogens (tertiary/aromatic N) is 2. The van der Waals surface area contributed by atoms with Crippen molar-refractivity contribution >= 4 is 0 Å². The summed E-state index contributed by atoms with van der Waals surface area (Å²) in [6.45, 7) is 1.68. The molecule has 0 bridgehead atoms. The monoisotopic (exact) mass is 247 g/mol. The molecule has 2 heterocycles. The Labute approximate surface area is 108 Å². The Bertz CT molecular complexity index is 416. The lowest BCUT2D eigenvalue weighted by Gasteiger charge is -2.26. The van der Waals surface area contributed by atoms with E-state index in [0.29, 0.717) is 12.0 Å². The Morgan fingerprint density at radius 3 is 3.06 bits per heavy atom. The van der Waals surface area contributed by atoms with E-state index in [1.165, 1.54) is 24.1 Å². The lowest BCUT2D eigenvalue weighted by Crippen LogP contribution is -2.25. The van der Waals surface area contributed by atoms with Crippen LogP contribution in [0.2, 0.25) is 0 Å². The van der Waals surface area contributed by atoms with Gasteiger partial charge in [-0.2, -0.15) is 0 Å². The summed E-state index contributed by atoms with van der Waals surface area (Å²) in [5, 5.41) is 3.35. The minimum absolute atomic E-state index is 0.402. The van der Waals surface area contributed by atoms with Gasteiger partial charge in [0.15, 0.2) is 0 Å². The minimum atomic E-state index is 0.402. The van der Waals surface area contributed by atoms with Crippen LogP contribution < -0.4 is 5.32 Å². The van der Waals surface area contributed by atoms with E-state index in [9.17, 15) is 0 Å². The van der Waals surface area contributed by atoms with Crippen LogP contribution in [-0.4, -0.2) is 30.2 Å². The van der Waals surface area contributed by atoms with Crippen molar-refractivity contribution in [3.05, 3.63) is 23.3 Å². The molecule has 0 aromatic carbocycles. The molecule has 1 saturated heterocycles. The predicted molar refractivity (Wildman–Crippen MR) is 69.6 cm³/mol. The van der Waals surface area contributed by atoms with Gasteiger partial charge in [-0.25, -0.2) is 9.97 Å². The first-order valence-corrected chi connectivity index (χ1v) is 6.99. The summed E-state index contributed by atoms with van der Waals surface area (Å²) < 4.78 is 5.53. The fraction of sp³-hybridized carbons (Fsp3) is 0.714. The predicted octanol–water partition coefficient (Wildman–Crippen LogP) is 1.97. The molecule has 1 aliphatic carbocycles. The third-order valence-electron chi connectivity index (χ3n) is 4.07. The topological polar surface area (TPSA) is 47.0 Å². The summed E-state index contributed by atoms with van der Waals surface area (Å²) in [5.41, 5.74) is 2.54. The van der Waals surface area contributed by atoms with Crippen molar-refractivity contribution in [3.63, 3.8) is 0 Å². The molecular formula is C14H21N3O. The van der Waals surface area contributed by atoms with Crippen molar-refractivity contribution in [3.8, 4) is 0 Å². The van der Waals surface area contributed by atoms with E-state index in [4.69, 9.17) is 9.72 Å². The summed E-state index contributed by atoms with van der Waals surface area (Å²) in [5.74, 6) is 1.39. The van der Waals surface area contributed by atoms with Crippen LogP contribution in [0.3, 0.4) is 0 Å². The molecule has 1 aromatic rings. The van der Waals surface area contributed by atoms with Crippen LogP contribution >= 0.6 is 0 Å². The zero-order chi connectivity index (χ0) is 12.4. The summed E-state index contributed by atoms with van der Waals surface area (Å²) in [6.07, 6.45) is 7.83. The highest BCUT2D eigenvalue weighted by atomic mass is 16.5. The summed E-state index contributed by atoms with van der Waals surface area (Å²) in [7, 11) is 2.02. The molecule has 4 heteroatoms. The lowest BCUT2D eigenvalue weighted by atomic mass is 9.92. The van der Waals surface area contributed by atoms with Crippen molar-refractivity contribution in [1.29, 1.82) is 0 Å². The molecular weight excluding hydrogens is 226 g/mol. The molecule has 1 N–H and O–H groups in total. The van der Waals surface area contributed by atoms with Crippen LogP contribution in [0.1, 0.15) is 54.7 Å². The van der Waals surface area contributed by atoms with Gasteiger partial charge in [-0.05, 0) is 39.2 Å². The SMILES string of the molecule is CNC1CCCc2nc(C3CCCOC3)ncc21. The molecule has 2 aliphatic rings. The van der Waals surface area contributed by atoms with Gasteiger partial charge in [0, 0.05) is 36.0 Å². The van der Waals surface area contributed by atoms with Crippen LogP contribution in [0.5, 0.6) is 0 Å². The van der Waals surface area contributed by atoms with Gasteiger partial charge < -0.3 is 10.1 Å². The molecule has 1 aliphatic heterocycles. The van der Waals surface area contributed by atoms with Gasteiger partial charge in [-0.15, -0.1) is 0 Å². The Hall–Kier alpha value is -1.00. The van der Waals surface area contributed by atoms with Gasteiger partial charge in [0.25, 0.3) is 0 Å². The number of hydrogen-bond acceptors (Lipinski definition) is 4. The van der Waals surface area contributed by atoms with Crippen LogP contribution in [-0.2, 0) is 11.2 Å². The Kier molecular flexibility index (Phi) is 3.57. The molecule has 0 saturated carbocycles. The van der Waals surface area contributed by atoms with E-state index in [2.05, 4.69) is 10.3 Å². The number of rotatable bonds is 2. The van der Waals surface area contributed by atoms with Crippen LogP contribution in [0.15, 0.2) is 6.20 Å². The van der Waals surface area contributed by atoms with Crippen molar-refractivity contribution < 1.29 is 4.74 Å². The minimum Gasteiger partial charge on any atom is -0.381 e. The van der Waals surface area contributed by atoms with Gasteiger partial charge in [-0.3, -0.25) is 0 Å². The highest BCUT2D eigenvalue weighted by Gasteiger charge is 2.24. The summed E-state index contributed by atoms with van der Waals surface area (Å²) in [6, 6.07) is 0.436. The number of aryl methyl sites for hydroxylation is 1. The third kappa shape index (κ3) is 2.27. The second kappa shape index (κ2) is 5.33. The van der Waals surface area contributed by atoms with Gasteiger partial charge in [0.1, 0.15) is 5.82 Å². The highest BCUT2D eigenvalue weighted by molar-refractivity contribution is 5.25. The quantitative estimate of drug-likeness (QED) is 0.868. The summed E-state index contributed by atoms with van der Waals surface area (Å²) in [4.78, 5) is 9.39. The van der Waals surface area contributed by atoms with E-state index in [1.807, 2.05) is 13.2 Å². The molecule has 0 spiro atoms. The smallest absolute Gasteiger partial charge is 0.133 e. The molecule has 1 fully saturated rings. The Morgan fingerprint density at radius 1 is 1.33 bits per heavy atom. The second-order valence-electron chi connectivity index (χ2n) is 5.28.